The minimum Gasteiger partial charge on any atom is -0.493 e. The number of amides is 1. The Hall–Kier alpha value is -1.26. The van der Waals surface area contributed by atoms with Gasteiger partial charge in [0.15, 0.2) is 0 Å². The van der Waals surface area contributed by atoms with Gasteiger partial charge in [0.2, 0.25) is 5.91 Å². The number of nitrogens with zero attached hydrogens (tertiary/aromatic N) is 1. The summed E-state index contributed by atoms with van der Waals surface area (Å²) >= 11 is 0. The maximum atomic E-state index is 12.2. The van der Waals surface area contributed by atoms with Gasteiger partial charge in [0.1, 0.15) is 5.75 Å². The summed E-state index contributed by atoms with van der Waals surface area (Å²) in [6, 6.07) is 6.83. The number of ether oxygens (including phenoxy) is 1. The maximum Gasteiger partial charge on any atom is 0.222 e. The van der Waals surface area contributed by atoms with Gasteiger partial charge in [-0.05, 0) is 63.8 Å². The molecule has 1 aliphatic rings. The predicted octanol–water partition coefficient (Wildman–Crippen LogP) is 3.48. The van der Waals surface area contributed by atoms with Crippen LogP contribution in [0.25, 0.3) is 0 Å². The van der Waals surface area contributed by atoms with Gasteiger partial charge >= 0.3 is 0 Å². The van der Waals surface area contributed by atoms with Crippen molar-refractivity contribution in [3.63, 3.8) is 0 Å². The van der Waals surface area contributed by atoms with Gasteiger partial charge < -0.3 is 15.0 Å². The van der Waals surface area contributed by atoms with Crippen molar-refractivity contribution in [1.29, 1.82) is 0 Å². The van der Waals surface area contributed by atoms with Crippen LogP contribution in [0.2, 0.25) is 0 Å². The highest BCUT2D eigenvalue weighted by atomic mass is 35.5. The Bertz CT molecular complexity index is 514. The zero-order valence-corrected chi connectivity index (χ0v) is 16.0. The Morgan fingerprint density at radius 3 is 2.62 bits per heavy atom. The zero-order chi connectivity index (χ0) is 16.7. The van der Waals surface area contributed by atoms with Gasteiger partial charge in [0.05, 0.1) is 6.61 Å². The lowest BCUT2D eigenvalue weighted by Crippen LogP contribution is -2.43. The molecule has 1 aromatic rings. The van der Waals surface area contributed by atoms with Crippen molar-refractivity contribution in [1.82, 2.24) is 10.2 Å². The predicted molar refractivity (Wildman–Crippen MR) is 101 cm³/mol. The molecular weight excluding hydrogens is 324 g/mol. The highest BCUT2D eigenvalue weighted by Gasteiger charge is 2.21. The Morgan fingerprint density at radius 1 is 1.25 bits per heavy atom. The molecular formula is C19H31ClN2O2. The van der Waals surface area contributed by atoms with Crippen LogP contribution in [-0.2, 0) is 4.79 Å². The van der Waals surface area contributed by atoms with E-state index in [0.29, 0.717) is 25.0 Å². The number of nitrogens with one attached hydrogen (secondary N) is 1. The number of carbonyl (C=O) groups is 1. The first-order valence-electron chi connectivity index (χ1n) is 8.75. The third-order valence-electron chi connectivity index (χ3n) is 4.64. The van der Waals surface area contributed by atoms with E-state index in [9.17, 15) is 4.79 Å². The highest BCUT2D eigenvalue weighted by Crippen LogP contribution is 2.19. The normalized spacial score (nSPS) is 15.0. The SMILES string of the molecule is CNC1CCN(C(=O)CCCCOc2cc(C)ccc2C)CC1.Cl. The number of hydrogen-bond donors (Lipinski definition) is 1. The van der Waals surface area contributed by atoms with E-state index in [4.69, 9.17) is 4.74 Å². The molecule has 1 aromatic carbocycles. The van der Waals surface area contributed by atoms with E-state index in [0.717, 1.165) is 44.5 Å². The fourth-order valence-electron chi connectivity index (χ4n) is 3.00. The third kappa shape index (κ3) is 6.33. The molecule has 0 atom stereocenters. The van der Waals surface area contributed by atoms with Crippen molar-refractivity contribution in [2.24, 2.45) is 0 Å². The lowest BCUT2D eigenvalue weighted by molar-refractivity contribution is -0.132. The molecule has 1 N–H and O–H groups in total. The molecule has 136 valence electrons. The summed E-state index contributed by atoms with van der Waals surface area (Å²) in [5.74, 6) is 1.26. The summed E-state index contributed by atoms with van der Waals surface area (Å²) in [5.41, 5.74) is 2.38. The second-order valence-electron chi connectivity index (χ2n) is 6.52. The topological polar surface area (TPSA) is 41.6 Å². The van der Waals surface area contributed by atoms with E-state index in [2.05, 4.69) is 37.4 Å². The number of carbonyl (C=O) groups excluding carboxylic acids is 1. The van der Waals surface area contributed by atoms with Gasteiger partial charge in [-0.3, -0.25) is 4.79 Å². The zero-order valence-electron chi connectivity index (χ0n) is 15.1. The molecule has 1 fully saturated rings. The molecule has 0 radical (unpaired) electrons. The summed E-state index contributed by atoms with van der Waals surface area (Å²) in [6.45, 7) is 6.60. The van der Waals surface area contributed by atoms with Crippen LogP contribution < -0.4 is 10.1 Å². The van der Waals surface area contributed by atoms with E-state index in [1.54, 1.807) is 0 Å². The average molecular weight is 355 g/mol. The standard InChI is InChI=1S/C19H30N2O2.ClH/c1-15-7-8-16(2)18(14-15)23-13-5-4-6-19(22)21-11-9-17(20-3)10-12-21;/h7-8,14,17,20H,4-6,9-13H2,1-3H3;1H. The van der Waals surface area contributed by atoms with Crippen molar-refractivity contribution >= 4 is 18.3 Å². The molecule has 0 aliphatic carbocycles. The first kappa shape index (κ1) is 20.8. The minimum atomic E-state index is 0. The minimum absolute atomic E-state index is 0. The molecule has 0 bridgehead atoms. The highest BCUT2D eigenvalue weighted by molar-refractivity contribution is 5.85. The fraction of sp³-hybridized carbons (Fsp3) is 0.632. The second-order valence-corrected chi connectivity index (χ2v) is 6.52. The van der Waals surface area contributed by atoms with E-state index < -0.39 is 0 Å². The molecule has 5 heteroatoms. The van der Waals surface area contributed by atoms with Crippen molar-refractivity contribution in [2.45, 2.75) is 52.0 Å². The summed E-state index contributed by atoms with van der Waals surface area (Å²) in [5, 5.41) is 3.29. The molecule has 0 saturated carbocycles. The van der Waals surface area contributed by atoms with Crippen molar-refractivity contribution in [2.75, 3.05) is 26.7 Å². The number of likely N-dealkylation sites (tertiary alicyclic amines) is 1. The lowest BCUT2D eigenvalue weighted by Gasteiger charge is -2.31. The van der Waals surface area contributed by atoms with Crippen molar-refractivity contribution in [3.8, 4) is 5.75 Å². The van der Waals surface area contributed by atoms with Crippen LogP contribution in [0.4, 0.5) is 0 Å². The first-order valence-corrected chi connectivity index (χ1v) is 8.75. The Balaban J connectivity index is 0.00000288. The van der Waals surface area contributed by atoms with Crippen LogP contribution in [0.15, 0.2) is 18.2 Å². The smallest absolute Gasteiger partial charge is 0.222 e. The fourth-order valence-corrected chi connectivity index (χ4v) is 3.00. The maximum absolute atomic E-state index is 12.2. The monoisotopic (exact) mass is 354 g/mol. The van der Waals surface area contributed by atoms with Crippen molar-refractivity contribution < 1.29 is 9.53 Å². The number of hydrogen-bond acceptors (Lipinski definition) is 3. The van der Waals surface area contributed by atoms with Crippen LogP contribution >= 0.6 is 12.4 Å². The molecule has 0 aromatic heterocycles. The number of aryl methyl sites for hydroxylation is 2. The van der Waals surface area contributed by atoms with Gasteiger partial charge in [-0.1, -0.05) is 12.1 Å². The van der Waals surface area contributed by atoms with E-state index in [1.807, 2.05) is 11.9 Å². The number of piperidine rings is 1. The van der Waals surface area contributed by atoms with E-state index >= 15 is 0 Å². The van der Waals surface area contributed by atoms with Crippen molar-refractivity contribution in [3.05, 3.63) is 29.3 Å². The summed E-state index contributed by atoms with van der Waals surface area (Å²) < 4.78 is 5.84. The van der Waals surface area contributed by atoms with Gasteiger partial charge in [0, 0.05) is 25.6 Å². The molecule has 1 saturated heterocycles. The molecule has 1 aliphatic heterocycles. The van der Waals surface area contributed by atoms with Crippen LogP contribution in [0.5, 0.6) is 5.75 Å². The number of unbranched alkanes of at least 4 members (excludes halogenated alkanes) is 1. The van der Waals surface area contributed by atoms with Gasteiger partial charge in [-0.25, -0.2) is 0 Å². The quantitative estimate of drug-likeness (QED) is 0.762. The Morgan fingerprint density at radius 2 is 1.96 bits per heavy atom. The Kier molecular flexibility index (Phi) is 9.16. The number of rotatable bonds is 7. The summed E-state index contributed by atoms with van der Waals surface area (Å²) in [4.78, 5) is 14.2. The molecule has 1 heterocycles. The first-order chi connectivity index (χ1) is 11.1. The molecule has 2 rings (SSSR count). The molecule has 4 nitrogen and oxygen atoms in total. The molecule has 0 unspecified atom stereocenters. The number of halogens is 1. The second kappa shape index (κ2) is 10.6. The molecule has 24 heavy (non-hydrogen) atoms. The van der Waals surface area contributed by atoms with E-state index in [-0.39, 0.29) is 12.4 Å². The van der Waals surface area contributed by atoms with Crippen LogP contribution in [0.1, 0.15) is 43.2 Å². The number of benzene rings is 1. The largest absolute Gasteiger partial charge is 0.493 e. The van der Waals surface area contributed by atoms with E-state index in [1.165, 1.54) is 11.1 Å². The van der Waals surface area contributed by atoms with Gasteiger partial charge in [-0.15, -0.1) is 12.4 Å². The third-order valence-corrected chi connectivity index (χ3v) is 4.64. The van der Waals surface area contributed by atoms with Crippen LogP contribution in [0, 0.1) is 13.8 Å². The Labute approximate surface area is 152 Å². The van der Waals surface area contributed by atoms with Gasteiger partial charge in [0.25, 0.3) is 0 Å². The van der Waals surface area contributed by atoms with Crippen LogP contribution in [-0.4, -0.2) is 43.6 Å². The molecule has 1 amide bonds. The van der Waals surface area contributed by atoms with Crippen LogP contribution in [0.3, 0.4) is 0 Å². The summed E-state index contributed by atoms with van der Waals surface area (Å²) in [7, 11) is 2.00. The average Bonchev–Trinajstić information content (AvgIpc) is 2.57. The van der Waals surface area contributed by atoms with Gasteiger partial charge in [-0.2, -0.15) is 0 Å². The summed E-state index contributed by atoms with van der Waals surface area (Å²) in [6.07, 6.45) is 4.60. The lowest BCUT2D eigenvalue weighted by atomic mass is 10.0. The molecule has 0 spiro atoms.